The van der Waals surface area contributed by atoms with Crippen LogP contribution in [0.3, 0.4) is 0 Å². The van der Waals surface area contributed by atoms with E-state index >= 15 is 0 Å². The summed E-state index contributed by atoms with van der Waals surface area (Å²) in [6.07, 6.45) is 4.09. The number of anilines is 1. The van der Waals surface area contributed by atoms with Crippen molar-refractivity contribution in [3.8, 4) is 0 Å². The van der Waals surface area contributed by atoms with Gasteiger partial charge in [-0.1, -0.05) is 24.3 Å². The number of ether oxygens (including phenoxy) is 1. The molecule has 0 aliphatic carbocycles. The summed E-state index contributed by atoms with van der Waals surface area (Å²) in [6, 6.07) is 10.0. The highest BCUT2D eigenvalue weighted by Gasteiger charge is 2.06. The first-order chi connectivity index (χ1) is 11.2. The van der Waals surface area contributed by atoms with Gasteiger partial charge in [-0.25, -0.2) is 0 Å². The molecule has 5 nitrogen and oxygen atoms in total. The summed E-state index contributed by atoms with van der Waals surface area (Å²) in [5.74, 6) is -0.117. The van der Waals surface area contributed by atoms with Gasteiger partial charge in [0, 0.05) is 39.2 Å². The molecule has 1 amide bonds. The van der Waals surface area contributed by atoms with E-state index in [2.05, 4.69) is 34.7 Å². The number of nitrogens with zero attached hydrogens (tertiary/aromatic N) is 1. The molecule has 5 heteroatoms. The van der Waals surface area contributed by atoms with E-state index in [1.807, 2.05) is 18.2 Å². The zero-order chi connectivity index (χ0) is 16.5. The Kier molecular flexibility index (Phi) is 6.56. The highest BCUT2D eigenvalue weighted by atomic mass is 16.5. The van der Waals surface area contributed by atoms with Gasteiger partial charge in [0.25, 0.3) is 5.91 Å². The van der Waals surface area contributed by atoms with E-state index in [0.717, 1.165) is 12.1 Å². The lowest BCUT2D eigenvalue weighted by Crippen LogP contribution is -2.25. The standard InChI is InChI=1S/C18H23N3O2/c1-14-6-3-4-7-15(14)12-21-17-10-16(11-19-13-17)18(22)20-8-5-9-23-2/h3-4,6-7,10-11,13,21H,5,8-9,12H2,1-2H3,(H,20,22). The Bertz CT molecular complexity index is 644. The fraction of sp³-hybridized carbons (Fsp3) is 0.333. The number of carbonyl (C=O) groups is 1. The first-order valence-electron chi connectivity index (χ1n) is 7.71. The fourth-order valence-corrected chi connectivity index (χ4v) is 2.19. The molecule has 0 atom stereocenters. The Morgan fingerprint density at radius 1 is 1.26 bits per heavy atom. The summed E-state index contributed by atoms with van der Waals surface area (Å²) in [6.45, 7) is 4.01. The molecule has 23 heavy (non-hydrogen) atoms. The van der Waals surface area contributed by atoms with Crippen LogP contribution in [0.25, 0.3) is 0 Å². The average Bonchev–Trinajstić information content (AvgIpc) is 2.58. The predicted octanol–water partition coefficient (Wildman–Crippen LogP) is 2.77. The van der Waals surface area contributed by atoms with Gasteiger partial charge in [0.05, 0.1) is 11.3 Å². The Morgan fingerprint density at radius 3 is 2.87 bits per heavy atom. The number of aryl methyl sites for hydroxylation is 1. The van der Waals surface area contributed by atoms with E-state index in [0.29, 0.717) is 25.3 Å². The maximum atomic E-state index is 12.1. The number of hydrogen-bond donors (Lipinski definition) is 2. The smallest absolute Gasteiger partial charge is 0.252 e. The molecular weight excluding hydrogens is 290 g/mol. The molecule has 0 bridgehead atoms. The average molecular weight is 313 g/mol. The lowest BCUT2D eigenvalue weighted by atomic mass is 10.1. The Balaban J connectivity index is 1.91. The van der Waals surface area contributed by atoms with Crippen LogP contribution in [-0.2, 0) is 11.3 Å². The van der Waals surface area contributed by atoms with E-state index in [-0.39, 0.29) is 5.91 Å². The van der Waals surface area contributed by atoms with Crippen molar-refractivity contribution < 1.29 is 9.53 Å². The Labute approximate surface area is 137 Å². The summed E-state index contributed by atoms with van der Waals surface area (Å²) in [4.78, 5) is 16.2. The van der Waals surface area contributed by atoms with Gasteiger partial charge in [-0.05, 0) is 30.5 Å². The van der Waals surface area contributed by atoms with Gasteiger partial charge in [-0.3, -0.25) is 9.78 Å². The van der Waals surface area contributed by atoms with Gasteiger partial charge in [0.15, 0.2) is 0 Å². The summed E-state index contributed by atoms with van der Waals surface area (Å²) in [5, 5.41) is 6.17. The molecule has 1 aromatic carbocycles. The van der Waals surface area contributed by atoms with Gasteiger partial charge >= 0.3 is 0 Å². The number of aromatic nitrogens is 1. The molecular formula is C18H23N3O2. The topological polar surface area (TPSA) is 63.2 Å². The Hall–Kier alpha value is -2.40. The van der Waals surface area contributed by atoms with Gasteiger partial charge in [-0.2, -0.15) is 0 Å². The highest BCUT2D eigenvalue weighted by molar-refractivity contribution is 5.94. The largest absolute Gasteiger partial charge is 0.385 e. The van der Waals surface area contributed by atoms with Crippen molar-refractivity contribution in [3.05, 3.63) is 59.4 Å². The number of hydrogen-bond acceptors (Lipinski definition) is 4. The monoisotopic (exact) mass is 313 g/mol. The molecule has 0 fully saturated rings. The third-order valence-electron chi connectivity index (χ3n) is 3.56. The molecule has 0 spiro atoms. The van der Waals surface area contributed by atoms with Crippen molar-refractivity contribution in [1.29, 1.82) is 0 Å². The Morgan fingerprint density at radius 2 is 2.09 bits per heavy atom. The van der Waals surface area contributed by atoms with Crippen molar-refractivity contribution in [1.82, 2.24) is 10.3 Å². The van der Waals surface area contributed by atoms with E-state index < -0.39 is 0 Å². The second-order valence-corrected chi connectivity index (χ2v) is 5.34. The minimum absolute atomic E-state index is 0.117. The lowest BCUT2D eigenvalue weighted by Gasteiger charge is -2.10. The van der Waals surface area contributed by atoms with Crippen molar-refractivity contribution in [2.45, 2.75) is 19.9 Å². The molecule has 2 N–H and O–H groups in total. The maximum absolute atomic E-state index is 12.1. The SMILES string of the molecule is COCCCNC(=O)c1cncc(NCc2ccccc2C)c1. The molecule has 2 rings (SSSR count). The van der Waals surface area contributed by atoms with Gasteiger partial charge in [-0.15, -0.1) is 0 Å². The fourth-order valence-electron chi connectivity index (χ4n) is 2.19. The van der Waals surface area contributed by atoms with Crippen molar-refractivity contribution in [2.24, 2.45) is 0 Å². The summed E-state index contributed by atoms with van der Waals surface area (Å²) in [5.41, 5.74) is 3.84. The minimum atomic E-state index is -0.117. The van der Waals surface area contributed by atoms with Crippen LogP contribution in [0.1, 0.15) is 27.9 Å². The number of methoxy groups -OCH3 is 1. The van der Waals surface area contributed by atoms with Crippen molar-refractivity contribution in [2.75, 3.05) is 25.6 Å². The van der Waals surface area contributed by atoms with E-state index in [1.54, 1.807) is 19.5 Å². The van der Waals surface area contributed by atoms with Crippen molar-refractivity contribution in [3.63, 3.8) is 0 Å². The van der Waals surface area contributed by atoms with Crippen LogP contribution in [0, 0.1) is 6.92 Å². The zero-order valence-corrected chi connectivity index (χ0v) is 13.6. The molecule has 1 aromatic heterocycles. The first-order valence-corrected chi connectivity index (χ1v) is 7.71. The molecule has 122 valence electrons. The van der Waals surface area contributed by atoms with Crippen LogP contribution in [0.2, 0.25) is 0 Å². The molecule has 0 aliphatic heterocycles. The first kappa shape index (κ1) is 17.0. The summed E-state index contributed by atoms with van der Waals surface area (Å²) in [7, 11) is 1.65. The summed E-state index contributed by atoms with van der Waals surface area (Å²) >= 11 is 0. The molecule has 0 radical (unpaired) electrons. The predicted molar refractivity (Wildman–Crippen MR) is 91.6 cm³/mol. The van der Waals surface area contributed by atoms with Crippen LogP contribution in [-0.4, -0.2) is 31.2 Å². The molecule has 0 aliphatic rings. The third-order valence-corrected chi connectivity index (χ3v) is 3.56. The minimum Gasteiger partial charge on any atom is -0.385 e. The molecule has 0 saturated heterocycles. The highest BCUT2D eigenvalue weighted by Crippen LogP contribution is 2.12. The normalized spacial score (nSPS) is 10.3. The van der Waals surface area contributed by atoms with E-state index in [1.165, 1.54) is 11.1 Å². The number of benzene rings is 1. The van der Waals surface area contributed by atoms with Gasteiger partial charge in [0.1, 0.15) is 0 Å². The number of carbonyl (C=O) groups excluding carboxylic acids is 1. The van der Waals surface area contributed by atoms with Crippen LogP contribution in [0.15, 0.2) is 42.7 Å². The molecule has 2 aromatic rings. The number of amides is 1. The number of rotatable bonds is 8. The van der Waals surface area contributed by atoms with E-state index in [4.69, 9.17) is 4.74 Å². The summed E-state index contributed by atoms with van der Waals surface area (Å²) < 4.78 is 4.96. The van der Waals surface area contributed by atoms with E-state index in [9.17, 15) is 4.79 Å². The number of nitrogens with one attached hydrogen (secondary N) is 2. The van der Waals surface area contributed by atoms with Crippen LogP contribution < -0.4 is 10.6 Å². The molecule has 0 unspecified atom stereocenters. The van der Waals surface area contributed by atoms with Crippen LogP contribution in [0.5, 0.6) is 0 Å². The third kappa shape index (κ3) is 5.38. The quantitative estimate of drug-likeness (QED) is 0.736. The zero-order valence-electron chi connectivity index (χ0n) is 13.6. The molecule has 1 heterocycles. The van der Waals surface area contributed by atoms with Gasteiger partial charge in [0.2, 0.25) is 0 Å². The second-order valence-electron chi connectivity index (χ2n) is 5.34. The maximum Gasteiger partial charge on any atom is 0.252 e. The second kappa shape index (κ2) is 8.90. The van der Waals surface area contributed by atoms with Crippen LogP contribution in [0.4, 0.5) is 5.69 Å². The van der Waals surface area contributed by atoms with Gasteiger partial charge < -0.3 is 15.4 Å². The lowest BCUT2D eigenvalue weighted by molar-refractivity contribution is 0.0948. The van der Waals surface area contributed by atoms with Crippen LogP contribution >= 0.6 is 0 Å². The van der Waals surface area contributed by atoms with Crippen molar-refractivity contribution >= 4 is 11.6 Å². The molecule has 0 saturated carbocycles. The number of pyridine rings is 1.